The lowest BCUT2D eigenvalue weighted by atomic mass is 10.1. The van der Waals surface area contributed by atoms with E-state index in [1.165, 1.54) is 12.8 Å². The SMILES string of the molecule is Cn1nncc1CN1CCC[C@H](Nc2ccc(N)nc2)CC1. The van der Waals surface area contributed by atoms with Gasteiger partial charge in [-0.25, -0.2) is 4.98 Å². The summed E-state index contributed by atoms with van der Waals surface area (Å²) in [6, 6.07) is 4.31. The van der Waals surface area contributed by atoms with E-state index in [9.17, 15) is 0 Å². The van der Waals surface area contributed by atoms with Gasteiger partial charge in [0.1, 0.15) is 5.82 Å². The lowest BCUT2D eigenvalue weighted by Crippen LogP contribution is -2.27. The monoisotopic (exact) mass is 301 g/mol. The Labute approximate surface area is 130 Å². The Morgan fingerprint density at radius 2 is 2.18 bits per heavy atom. The van der Waals surface area contributed by atoms with E-state index in [0.29, 0.717) is 11.9 Å². The van der Waals surface area contributed by atoms with Crippen molar-refractivity contribution in [2.24, 2.45) is 7.05 Å². The molecule has 3 heterocycles. The van der Waals surface area contributed by atoms with E-state index in [4.69, 9.17) is 5.73 Å². The Morgan fingerprint density at radius 1 is 1.27 bits per heavy atom. The first-order valence-corrected chi connectivity index (χ1v) is 7.74. The fourth-order valence-electron chi connectivity index (χ4n) is 2.87. The minimum Gasteiger partial charge on any atom is -0.384 e. The molecule has 3 N–H and O–H groups in total. The lowest BCUT2D eigenvalue weighted by Gasteiger charge is -2.20. The Balaban J connectivity index is 1.53. The van der Waals surface area contributed by atoms with E-state index < -0.39 is 0 Å². The molecule has 0 saturated carbocycles. The van der Waals surface area contributed by atoms with Crippen LogP contribution in [0.4, 0.5) is 11.5 Å². The molecule has 0 aliphatic carbocycles. The summed E-state index contributed by atoms with van der Waals surface area (Å²) in [4.78, 5) is 6.60. The molecule has 1 saturated heterocycles. The maximum Gasteiger partial charge on any atom is 0.123 e. The Bertz CT molecular complexity index is 592. The Hall–Kier alpha value is -2.15. The zero-order chi connectivity index (χ0) is 15.4. The summed E-state index contributed by atoms with van der Waals surface area (Å²) in [5, 5.41) is 11.5. The number of hydrogen-bond acceptors (Lipinski definition) is 6. The van der Waals surface area contributed by atoms with E-state index in [1.807, 2.05) is 30.1 Å². The van der Waals surface area contributed by atoms with Crippen molar-refractivity contribution in [1.82, 2.24) is 24.9 Å². The molecule has 0 radical (unpaired) electrons. The quantitative estimate of drug-likeness (QED) is 0.884. The summed E-state index contributed by atoms with van der Waals surface area (Å²) in [5.41, 5.74) is 7.83. The van der Waals surface area contributed by atoms with Crippen molar-refractivity contribution in [2.45, 2.75) is 31.8 Å². The summed E-state index contributed by atoms with van der Waals surface area (Å²) in [5.74, 6) is 0.558. The van der Waals surface area contributed by atoms with Crippen molar-refractivity contribution in [3.8, 4) is 0 Å². The minimum absolute atomic E-state index is 0.486. The number of hydrogen-bond donors (Lipinski definition) is 2. The van der Waals surface area contributed by atoms with Gasteiger partial charge >= 0.3 is 0 Å². The normalized spacial score (nSPS) is 19.8. The molecule has 2 aromatic rings. The maximum absolute atomic E-state index is 5.62. The second-order valence-electron chi connectivity index (χ2n) is 5.87. The fourth-order valence-corrected chi connectivity index (χ4v) is 2.87. The van der Waals surface area contributed by atoms with Gasteiger partial charge < -0.3 is 11.1 Å². The Kier molecular flexibility index (Phi) is 4.53. The van der Waals surface area contributed by atoms with Crippen LogP contribution in [0.15, 0.2) is 24.5 Å². The third kappa shape index (κ3) is 3.73. The number of nitrogens with two attached hydrogens (primary N) is 1. The second kappa shape index (κ2) is 6.74. The summed E-state index contributed by atoms with van der Waals surface area (Å²) >= 11 is 0. The molecule has 118 valence electrons. The minimum atomic E-state index is 0.486. The lowest BCUT2D eigenvalue weighted by molar-refractivity contribution is 0.269. The predicted molar refractivity (Wildman–Crippen MR) is 86.2 cm³/mol. The van der Waals surface area contributed by atoms with Gasteiger partial charge in [-0.1, -0.05) is 5.21 Å². The highest BCUT2D eigenvalue weighted by molar-refractivity contribution is 5.45. The molecule has 3 rings (SSSR count). The number of aryl methyl sites for hydroxylation is 1. The number of pyridine rings is 1. The first-order chi connectivity index (χ1) is 10.7. The number of anilines is 2. The summed E-state index contributed by atoms with van der Waals surface area (Å²) in [6.45, 7) is 3.11. The van der Waals surface area contributed by atoms with Crippen LogP contribution < -0.4 is 11.1 Å². The average molecular weight is 301 g/mol. The Morgan fingerprint density at radius 3 is 2.91 bits per heavy atom. The largest absolute Gasteiger partial charge is 0.384 e. The molecule has 0 bridgehead atoms. The van der Waals surface area contributed by atoms with Crippen LogP contribution in [0.2, 0.25) is 0 Å². The van der Waals surface area contributed by atoms with Crippen LogP contribution in [0.5, 0.6) is 0 Å². The molecule has 0 unspecified atom stereocenters. The van der Waals surface area contributed by atoms with Crippen LogP contribution in [0, 0.1) is 0 Å². The van der Waals surface area contributed by atoms with Crippen molar-refractivity contribution in [1.29, 1.82) is 0 Å². The molecular formula is C15H23N7. The van der Waals surface area contributed by atoms with Gasteiger partial charge in [0.2, 0.25) is 0 Å². The zero-order valence-corrected chi connectivity index (χ0v) is 12.9. The average Bonchev–Trinajstić information content (AvgIpc) is 2.78. The summed E-state index contributed by atoms with van der Waals surface area (Å²) in [6.07, 6.45) is 7.13. The molecule has 7 nitrogen and oxygen atoms in total. The van der Waals surface area contributed by atoms with Gasteiger partial charge in [0.25, 0.3) is 0 Å². The van der Waals surface area contributed by atoms with Crippen LogP contribution in [0.3, 0.4) is 0 Å². The number of likely N-dealkylation sites (tertiary alicyclic amines) is 1. The zero-order valence-electron chi connectivity index (χ0n) is 12.9. The molecule has 0 amide bonds. The molecular weight excluding hydrogens is 278 g/mol. The van der Waals surface area contributed by atoms with Crippen LogP contribution in [0.25, 0.3) is 0 Å². The van der Waals surface area contributed by atoms with Gasteiger partial charge in [0.15, 0.2) is 0 Å². The highest BCUT2D eigenvalue weighted by Crippen LogP contribution is 2.18. The van der Waals surface area contributed by atoms with Crippen LogP contribution in [-0.2, 0) is 13.6 Å². The van der Waals surface area contributed by atoms with Crippen LogP contribution in [-0.4, -0.2) is 44.0 Å². The standard InChI is InChI=1S/C15H23N7/c1-21-14(10-18-20-21)11-22-7-2-3-12(6-8-22)19-13-4-5-15(16)17-9-13/h4-5,9-10,12,19H,2-3,6-8,11H2,1H3,(H2,16,17)/t12-/m0/s1. The van der Waals surface area contributed by atoms with Crippen molar-refractivity contribution < 1.29 is 0 Å². The van der Waals surface area contributed by atoms with Crippen molar-refractivity contribution in [3.05, 3.63) is 30.2 Å². The second-order valence-corrected chi connectivity index (χ2v) is 5.87. The van der Waals surface area contributed by atoms with E-state index in [2.05, 4.69) is 25.5 Å². The number of rotatable bonds is 4. The smallest absolute Gasteiger partial charge is 0.123 e. The summed E-state index contributed by atoms with van der Waals surface area (Å²) in [7, 11) is 1.94. The van der Waals surface area contributed by atoms with Crippen molar-refractivity contribution in [3.63, 3.8) is 0 Å². The molecule has 0 spiro atoms. The van der Waals surface area contributed by atoms with E-state index >= 15 is 0 Å². The van der Waals surface area contributed by atoms with Gasteiger partial charge in [-0.15, -0.1) is 5.10 Å². The molecule has 1 aliphatic heterocycles. The molecule has 1 fully saturated rings. The number of aromatic nitrogens is 4. The molecule has 2 aromatic heterocycles. The number of nitrogens with one attached hydrogen (secondary N) is 1. The van der Waals surface area contributed by atoms with Crippen molar-refractivity contribution >= 4 is 11.5 Å². The fraction of sp³-hybridized carbons (Fsp3) is 0.533. The first kappa shape index (κ1) is 14.8. The van der Waals surface area contributed by atoms with Crippen LogP contribution >= 0.6 is 0 Å². The van der Waals surface area contributed by atoms with E-state index in [-0.39, 0.29) is 0 Å². The number of nitrogen functional groups attached to an aromatic ring is 1. The van der Waals surface area contributed by atoms with Crippen molar-refractivity contribution in [2.75, 3.05) is 24.1 Å². The van der Waals surface area contributed by atoms with Gasteiger partial charge in [-0.2, -0.15) is 0 Å². The van der Waals surface area contributed by atoms with Gasteiger partial charge in [0, 0.05) is 26.2 Å². The van der Waals surface area contributed by atoms with Gasteiger partial charge in [-0.3, -0.25) is 9.58 Å². The van der Waals surface area contributed by atoms with Gasteiger partial charge in [0.05, 0.1) is 23.8 Å². The molecule has 22 heavy (non-hydrogen) atoms. The topological polar surface area (TPSA) is 84.9 Å². The molecule has 7 heteroatoms. The number of nitrogens with zero attached hydrogens (tertiary/aromatic N) is 5. The molecule has 1 aliphatic rings. The highest BCUT2D eigenvalue weighted by Gasteiger charge is 2.18. The third-order valence-electron chi connectivity index (χ3n) is 4.17. The van der Waals surface area contributed by atoms with E-state index in [1.54, 1.807) is 6.20 Å². The first-order valence-electron chi connectivity index (χ1n) is 7.74. The van der Waals surface area contributed by atoms with E-state index in [0.717, 1.165) is 37.4 Å². The third-order valence-corrected chi connectivity index (χ3v) is 4.17. The maximum atomic E-state index is 5.62. The van der Waals surface area contributed by atoms with Crippen LogP contribution in [0.1, 0.15) is 25.0 Å². The highest BCUT2D eigenvalue weighted by atomic mass is 15.4. The van der Waals surface area contributed by atoms with Gasteiger partial charge in [-0.05, 0) is 37.9 Å². The summed E-state index contributed by atoms with van der Waals surface area (Å²) < 4.78 is 1.85. The molecule has 0 aromatic carbocycles. The predicted octanol–water partition coefficient (Wildman–Crippen LogP) is 1.26. The molecule has 1 atom stereocenters.